The molecule has 1 aliphatic rings. The Hall–Kier alpha value is -3.37. The van der Waals surface area contributed by atoms with Gasteiger partial charge in [0.15, 0.2) is 4.80 Å². The number of aromatic nitrogens is 1. The van der Waals surface area contributed by atoms with Crippen molar-refractivity contribution in [2.45, 2.75) is 19.9 Å². The number of ether oxygens (including phenoxy) is 1. The fraction of sp³-hybridized carbons (Fsp3) is 0.190. The minimum atomic E-state index is -0.874. The van der Waals surface area contributed by atoms with Gasteiger partial charge in [-0.05, 0) is 36.9 Å². The molecule has 3 aromatic rings. The predicted octanol–water partition coefficient (Wildman–Crippen LogP) is 2.77. The quantitative estimate of drug-likeness (QED) is 0.334. The molecule has 0 saturated carbocycles. The van der Waals surface area contributed by atoms with Crippen molar-refractivity contribution < 1.29 is 14.5 Å². The van der Waals surface area contributed by atoms with E-state index in [9.17, 15) is 19.7 Å². The highest BCUT2D eigenvalue weighted by Crippen LogP contribution is 2.32. The Morgan fingerprint density at radius 2 is 2.16 bits per heavy atom. The lowest BCUT2D eigenvalue weighted by Crippen LogP contribution is -2.39. The number of nitrogens with zero attached hydrogens (tertiary/aromatic N) is 3. The molecular weight excluding hydrogens is 438 g/mol. The van der Waals surface area contributed by atoms with Crippen LogP contribution in [0, 0.1) is 10.1 Å². The fourth-order valence-corrected chi connectivity index (χ4v) is 5.19. The van der Waals surface area contributed by atoms with Gasteiger partial charge in [-0.2, -0.15) is 0 Å². The zero-order valence-electron chi connectivity index (χ0n) is 16.6. The Labute approximate surface area is 184 Å². The Balaban J connectivity index is 1.99. The van der Waals surface area contributed by atoms with E-state index in [2.05, 4.69) is 4.99 Å². The highest BCUT2D eigenvalue weighted by molar-refractivity contribution is 7.11. The van der Waals surface area contributed by atoms with E-state index >= 15 is 0 Å². The molecule has 3 heterocycles. The Bertz CT molecular complexity index is 1380. The van der Waals surface area contributed by atoms with E-state index in [0.717, 1.165) is 4.88 Å². The number of carbonyl (C=O) groups excluding carboxylic acids is 1. The van der Waals surface area contributed by atoms with Gasteiger partial charge in [-0.1, -0.05) is 29.5 Å². The summed E-state index contributed by atoms with van der Waals surface area (Å²) in [5.74, 6) is -0.604. The minimum absolute atomic E-state index is 0.129. The smallest absolute Gasteiger partial charge is 0.338 e. The molecule has 158 valence electrons. The van der Waals surface area contributed by atoms with E-state index in [1.165, 1.54) is 45.4 Å². The molecule has 0 spiro atoms. The van der Waals surface area contributed by atoms with Crippen LogP contribution in [-0.2, 0) is 9.53 Å². The number of benzene rings is 1. The lowest BCUT2D eigenvalue weighted by molar-refractivity contribution is -0.384. The van der Waals surface area contributed by atoms with Gasteiger partial charge in [0, 0.05) is 17.0 Å². The molecule has 0 N–H and O–H groups in total. The number of nitro groups is 1. The van der Waals surface area contributed by atoms with Gasteiger partial charge in [-0.15, -0.1) is 11.3 Å². The zero-order valence-corrected chi connectivity index (χ0v) is 18.2. The first kappa shape index (κ1) is 20.9. The molecule has 0 aliphatic carbocycles. The number of nitro benzene ring substituents is 1. The number of fused-ring (bicyclic) bond motifs is 1. The van der Waals surface area contributed by atoms with Crippen molar-refractivity contribution in [1.82, 2.24) is 4.57 Å². The molecule has 31 heavy (non-hydrogen) atoms. The van der Waals surface area contributed by atoms with Crippen LogP contribution in [-0.4, -0.2) is 22.1 Å². The third-order valence-electron chi connectivity index (χ3n) is 4.73. The summed E-state index contributed by atoms with van der Waals surface area (Å²) in [5.41, 5.74) is 0.602. The largest absolute Gasteiger partial charge is 0.463 e. The number of thiazole rings is 1. The van der Waals surface area contributed by atoms with Crippen molar-refractivity contribution in [3.8, 4) is 0 Å². The van der Waals surface area contributed by atoms with Crippen LogP contribution in [0.25, 0.3) is 6.08 Å². The van der Waals surface area contributed by atoms with E-state index in [-0.39, 0.29) is 23.4 Å². The molecule has 0 bridgehead atoms. The molecule has 1 aliphatic heterocycles. The van der Waals surface area contributed by atoms with Gasteiger partial charge in [-0.25, -0.2) is 9.79 Å². The Morgan fingerprint density at radius 3 is 2.84 bits per heavy atom. The van der Waals surface area contributed by atoms with Crippen LogP contribution in [0.4, 0.5) is 5.69 Å². The van der Waals surface area contributed by atoms with E-state index in [0.29, 0.717) is 20.6 Å². The maximum Gasteiger partial charge on any atom is 0.338 e. The molecule has 1 aromatic carbocycles. The maximum atomic E-state index is 13.4. The average molecular weight is 456 g/mol. The number of thiophene rings is 1. The summed E-state index contributed by atoms with van der Waals surface area (Å²) >= 11 is 2.71. The number of rotatable bonds is 5. The Kier molecular flexibility index (Phi) is 5.66. The van der Waals surface area contributed by atoms with Gasteiger partial charge in [-0.3, -0.25) is 19.5 Å². The number of allylic oxidation sites excluding steroid dienone is 1. The summed E-state index contributed by atoms with van der Waals surface area (Å²) in [4.78, 5) is 42.8. The third kappa shape index (κ3) is 3.87. The average Bonchev–Trinajstić information content (AvgIpc) is 3.35. The second-order valence-corrected chi connectivity index (χ2v) is 8.66. The van der Waals surface area contributed by atoms with Crippen molar-refractivity contribution >= 4 is 40.4 Å². The van der Waals surface area contributed by atoms with Gasteiger partial charge in [0.05, 0.1) is 33.4 Å². The first-order valence-electron chi connectivity index (χ1n) is 9.38. The van der Waals surface area contributed by atoms with Gasteiger partial charge in [0.1, 0.15) is 0 Å². The van der Waals surface area contributed by atoms with Crippen molar-refractivity contribution in [2.24, 2.45) is 4.99 Å². The predicted molar refractivity (Wildman–Crippen MR) is 118 cm³/mol. The van der Waals surface area contributed by atoms with Crippen molar-refractivity contribution in [1.29, 1.82) is 0 Å². The molecule has 4 rings (SSSR count). The first-order valence-corrected chi connectivity index (χ1v) is 11.1. The standard InChI is InChI=1S/C21H17N3O5S2/c1-3-29-20(26)17-12(2)22-21-23(18(17)13-6-4-7-14(10-13)24(27)28)19(25)16(31-21)11-15-8-5-9-30-15/h4-11,18H,3H2,1-2H3/b16-11-/t18-/m0/s1. The molecule has 0 amide bonds. The lowest BCUT2D eigenvalue weighted by atomic mass is 9.95. The van der Waals surface area contributed by atoms with Crippen LogP contribution in [0.1, 0.15) is 30.3 Å². The Morgan fingerprint density at radius 1 is 1.35 bits per heavy atom. The van der Waals surface area contributed by atoms with Gasteiger partial charge < -0.3 is 4.74 Å². The fourth-order valence-electron chi connectivity index (χ4n) is 3.42. The lowest BCUT2D eigenvalue weighted by Gasteiger charge is -2.24. The van der Waals surface area contributed by atoms with E-state index in [1.54, 1.807) is 26.0 Å². The first-order chi connectivity index (χ1) is 14.9. The maximum absolute atomic E-state index is 13.4. The number of carbonyl (C=O) groups is 1. The topological polar surface area (TPSA) is 104 Å². The highest BCUT2D eigenvalue weighted by atomic mass is 32.1. The molecule has 1 atom stereocenters. The van der Waals surface area contributed by atoms with Crippen molar-refractivity contribution in [3.63, 3.8) is 0 Å². The normalized spacial score (nSPS) is 16.1. The van der Waals surface area contributed by atoms with Crippen LogP contribution >= 0.6 is 22.7 Å². The zero-order chi connectivity index (χ0) is 22.1. The molecular formula is C21H17N3O5S2. The van der Waals surface area contributed by atoms with Crippen LogP contribution in [0.2, 0.25) is 0 Å². The van der Waals surface area contributed by atoms with Crippen LogP contribution in [0.5, 0.6) is 0 Å². The number of esters is 1. The second kappa shape index (κ2) is 8.40. The van der Waals surface area contributed by atoms with E-state index in [4.69, 9.17) is 4.74 Å². The van der Waals surface area contributed by atoms with Crippen molar-refractivity contribution in [3.05, 3.63) is 93.3 Å². The summed E-state index contributed by atoms with van der Waals surface area (Å²) in [6.45, 7) is 3.51. The monoisotopic (exact) mass is 455 g/mol. The van der Waals surface area contributed by atoms with E-state index < -0.39 is 16.9 Å². The van der Waals surface area contributed by atoms with E-state index in [1.807, 2.05) is 17.5 Å². The van der Waals surface area contributed by atoms with Gasteiger partial charge >= 0.3 is 5.97 Å². The minimum Gasteiger partial charge on any atom is -0.463 e. The number of hydrogen-bond donors (Lipinski definition) is 0. The molecule has 0 unspecified atom stereocenters. The molecule has 2 aromatic heterocycles. The molecule has 0 radical (unpaired) electrons. The SMILES string of the molecule is CCOC(=O)C1=C(C)N=c2s/c(=C\c3cccs3)c(=O)n2[C@H]1c1cccc([N+](=O)[O-])c1. The summed E-state index contributed by atoms with van der Waals surface area (Å²) in [5, 5.41) is 13.2. The van der Waals surface area contributed by atoms with Gasteiger partial charge in [0.2, 0.25) is 0 Å². The summed E-state index contributed by atoms with van der Waals surface area (Å²) in [6, 6.07) is 8.85. The molecule has 8 nitrogen and oxygen atoms in total. The number of hydrogen-bond acceptors (Lipinski definition) is 8. The summed E-state index contributed by atoms with van der Waals surface area (Å²) < 4.78 is 7.11. The van der Waals surface area contributed by atoms with Gasteiger partial charge in [0.25, 0.3) is 11.2 Å². The third-order valence-corrected chi connectivity index (χ3v) is 6.53. The van der Waals surface area contributed by atoms with Crippen LogP contribution < -0.4 is 14.9 Å². The van der Waals surface area contributed by atoms with Crippen LogP contribution in [0.3, 0.4) is 0 Å². The van der Waals surface area contributed by atoms with Crippen LogP contribution in [0.15, 0.2) is 62.8 Å². The summed E-state index contributed by atoms with van der Waals surface area (Å²) in [7, 11) is 0. The highest BCUT2D eigenvalue weighted by Gasteiger charge is 2.34. The molecule has 0 fully saturated rings. The number of non-ortho nitro benzene ring substituents is 1. The second-order valence-electron chi connectivity index (χ2n) is 6.67. The summed E-state index contributed by atoms with van der Waals surface area (Å²) in [6.07, 6.45) is 1.78. The van der Waals surface area contributed by atoms with Crippen molar-refractivity contribution in [2.75, 3.05) is 6.61 Å². The molecule has 10 heteroatoms. The molecule has 0 saturated heterocycles.